The topological polar surface area (TPSA) is 29.9 Å². The third-order valence-electron chi connectivity index (χ3n) is 3.74. The van der Waals surface area contributed by atoms with E-state index in [4.69, 9.17) is 0 Å². The van der Waals surface area contributed by atoms with Crippen LogP contribution in [0.3, 0.4) is 0 Å². The van der Waals surface area contributed by atoms with E-state index in [1.807, 2.05) is 10.9 Å². The van der Waals surface area contributed by atoms with Gasteiger partial charge in [0.1, 0.15) is 0 Å². The first-order valence-corrected chi connectivity index (χ1v) is 7.36. The van der Waals surface area contributed by atoms with Crippen LogP contribution in [0.2, 0.25) is 0 Å². The average Bonchev–Trinajstić information content (AvgIpc) is 2.86. The largest absolute Gasteiger partial charge is 0.380 e. The van der Waals surface area contributed by atoms with Crippen molar-refractivity contribution in [3.8, 4) is 0 Å². The van der Waals surface area contributed by atoms with Gasteiger partial charge in [0.15, 0.2) is 0 Å². The SMILES string of the molecule is CCn1cc(NC(C)CC(C)(C)c2ccccc2)cn1. The molecule has 0 saturated heterocycles. The number of aromatic nitrogens is 2. The van der Waals surface area contributed by atoms with Crippen molar-refractivity contribution in [3.63, 3.8) is 0 Å². The fourth-order valence-corrected chi connectivity index (χ4v) is 2.72. The van der Waals surface area contributed by atoms with Crippen molar-refractivity contribution in [2.24, 2.45) is 0 Å². The summed E-state index contributed by atoms with van der Waals surface area (Å²) in [7, 11) is 0. The Balaban J connectivity index is 1.98. The first-order chi connectivity index (χ1) is 9.51. The molecule has 0 bridgehead atoms. The molecule has 1 aromatic carbocycles. The summed E-state index contributed by atoms with van der Waals surface area (Å²) in [6.45, 7) is 9.84. The molecule has 0 fully saturated rings. The van der Waals surface area contributed by atoms with Crippen LogP contribution in [0.1, 0.15) is 39.7 Å². The maximum Gasteiger partial charge on any atom is 0.0728 e. The molecule has 0 spiro atoms. The van der Waals surface area contributed by atoms with Crippen molar-refractivity contribution in [1.82, 2.24) is 9.78 Å². The van der Waals surface area contributed by atoms with Crippen LogP contribution in [0.25, 0.3) is 0 Å². The van der Waals surface area contributed by atoms with E-state index < -0.39 is 0 Å². The van der Waals surface area contributed by atoms with Crippen LogP contribution in [0.15, 0.2) is 42.7 Å². The fraction of sp³-hybridized carbons (Fsp3) is 0.471. The number of nitrogens with one attached hydrogen (secondary N) is 1. The van der Waals surface area contributed by atoms with E-state index >= 15 is 0 Å². The molecule has 20 heavy (non-hydrogen) atoms. The molecule has 2 aromatic rings. The predicted octanol–water partition coefficient (Wildman–Crippen LogP) is 4.07. The Labute approximate surface area is 122 Å². The molecule has 2 rings (SSSR count). The Morgan fingerprint density at radius 2 is 1.95 bits per heavy atom. The van der Waals surface area contributed by atoms with Gasteiger partial charge in [-0.3, -0.25) is 4.68 Å². The molecule has 1 atom stereocenters. The molecule has 1 N–H and O–H groups in total. The van der Waals surface area contributed by atoms with Gasteiger partial charge >= 0.3 is 0 Å². The van der Waals surface area contributed by atoms with Crippen LogP contribution in [0.5, 0.6) is 0 Å². The highest BCUT2D eigenvalue weighted by atomic mass is 15.3. The summed E-state index contributed by atoms with van der Waals surface area (Å²) in [6, 6.07) is 11.1. The molecule has 1 aromatic heterocycles. The van der Waals surface area contributed by atoms with E-state index in [0.717, 1.165) is 18.7 Å². The van der Waals surface area contributed by atoms with Crippen molar-refractivity contribution in [1.29, 1.82) is 0 Å². The molecule has 0 aliphatic rings. The lowest BCUT2D eigenvalue weighted by molar-refractivity contribution is 0.450. The van der Waals surface area contributed by atoms with Gasteiger partial charge < -0.3 is 5.32 Å². The Morgan fingerprint density at radius 1 is 1.25 bits per heavy atom. The van der Waals surface area contributed by atoms with Gasteiger partial charge in [0, 0.05) is 18.8 Å². The van der Waals surface area contributed by atoms with Crippen molar-refractivity contribution in [2.75, 3.05) is 5.32 Å². The molecular weight excluding hydrogens is 246 g/mol. The Morgan fingerprint density at radius 3 is 2.55 bits per heavy atom. The van der Waals surface area contributed by atoms with Gasteiger partial charge in [-0.15, -0.1) is 0 Å². The summed E-state index contributed by atoms with van der Waals surface area (Å²) in [5.74, 6) is 0. The number of rotatable bonds is 6. The smallest absolute Gasteiger partial charge is 0.0728 e. The molecule has 0 aliphatic heterocycles. The first-order valence-electron chi connectivity index (χ1n) is 7.36. The van der Waals surface area contributed by atoms with Crippen LogP contribution < -0.4 is 5.32 Å². The zero-order chi connectivity index (χ0) is 14.6. The number of benzene rings is 1. The second-order valence-electron chi connectivity index (χ2n) is 6.08. The summed E-state index contributed by atoms with van der Waals surface area (Å²) in [6.07, 6.45) is 5.04. The van der Waals surface area contributed by atoms with Crippen LogP contribution >= 0.6 is 0 Å². The highest BCUT2D eigenvalue weighted by molar-refractivity contribution is 5.39. The molecule has 0 radical (unpaired) electrons. The van der Waals surface area contributed by atoms with Crippen LogP contribution in [0.4, 0.5) is 5.69 Å². The normalized spacial score (nSPS) is 13.2. The zero-order valence-electron chi connectivity index (χ0n) is 12.9. The van der Waals surface area contributed by atoms with Gasteiger partial charge in [0.2, 0.25) is 0 Å². The lowest BCUT2D eigenvalue weighted by atomic mass is 9.79. The lowest BCUT2D eigenvalue weighted by Crippen LogP contribution is -2.27. The van der Waals surface area contributed by atoms with E-state index in [1.54, 1.807) is 0 Å². The maximum absolute atomic E-state index is 4.30. The molecule has 108 valence electrons. The second-order valence-corrected chi connectivity index (χ2v) is 6.08. The zero-order valence-corrected chi connectivity index (χ0v) is 12.9. The molecule has 3 heteroatoms. The fourth-order valence-electron chi connectivity index (χ4n) is 2.72. The first kappa shape index (κ1) is 14.6. The van der Waals surface area contributed by atoms with E-state index in [1.165, 1.54) is 5.56 Å². The minimum atomic E-state index is 0.161. The van der Waals surface area contributed by atoms with Gasteiger partial charge in [0.25, 0.3) is 0 Å². The van der Waals surface area contributed by atoms with Crippen molar-refractivity contribution in [3.05, 3.63) is 48.3 Å². The average molecular weight is 271 g/mol. The van der Waals surface area contributed by atoms with Crippen LogP contribution in [0, 0.1) is 0 Å². The summed E-state index contributed by atoms with van der Waals surface area (Å²) >= 11 is 0. The molecule has 3 nitrogen and oxygen atoms in total. The third kappa shape index (κ3) is 3.62. The van der Waals surface area contributed by atoms with Gasteiger partial charge in [-0.25, -0.2) is 0 Å². The Hall–Kier alpha value is -1.77. The predicted molar refractivity (Wildman–Crippen MR) is 85.1 cm³/mol. The molecule has 1 unspecified atom stereocenters. The second kappa shape index (κ2) is 6.12. The monoisotopic (exact) mass is 271 g/mol. The van der Waals surface area contributed by atoms with Crippen molar-refractivity contribution < 1.29 is 0 Å². The highest BCUT2D eigenvalue weighted by Gasteiger charge is 2.23. The summed E-state index contributed by atoms with van der Waals surface area (Å²) in [5.41, 5.74) is 2.65. The number of aryl methyl sites for hydroxylation is 1. The van der Waals surface area contributed by atoms with E-state index in [2.05, 4.69) is 74.6 Å². The standard InChI is InChI=1S/C17H25N3/c1-5-20-13-16(12-18-20)19-14(2)11-17(3,4)15-9-7-6-8-10-15/h6-10,12-14,19H,5,11H2,1-4H3. The van der Waals surface area contributed by atoms with E-state index in [-0.39, 0.29) is 5.41 Å². The number of hydrogen-bond donors (Lipinski definition) is 1. The molecular formula is C17H25N3. The quantitative estimate of drug-likeness (QED) is 0.858. The van der Waals surface area contributed by atoms with Gasteiger partial charge in [-0.1, -0.05) is 44.2 Å². The molecule has 0 saturated carbocycles. The molecule has 0 amide bonds. The lowest BCUT2D eigenvalue weighted by Gasteiger charge is -2.29. The van der Waals surface area contributed by atoms with Crippen LogP contribution in [-0.4, -0.2) is 15.8 Å². The summed E-state index contributed by atoms with van der Waals surface area (Å²) in [4.78, 5) is 0. The summed E-state index contributed by atoms with van der Waals surface area (Å²) in [5, 5.41) is 7.84. The number of nitrogens with zero attached hydrogens (tertiary/aromatic N) is 2. The highest BCUT2D eigenvalue weighted by Crippen LogP contribution is 2.29. The molecule has 1 heterocycles. The van der Waals surface area contributed by atoms with E-state index in [9.17, 15) is 0 Å². The van der Waals surface area contributed by atoms with Crippen molar-refractivity contribution in [2.45, 2.75) is 52.1 Å². The van der Waals surface area contributed by atoms with Crippen molar-refractivity contribution >= 4 is 5.69 Å². The number of hydrogen-bond acceptors (Lipinski definition) is 2. The maximum atomic E-state index is 4.30. The summed E-state index contributed by atoms with van der Waals surface area (Å²) < 4.78 is 1.94. The van der Waals surface area contributed by atoms with Crippen LogP contribution in [-0.2, 0) is 12.0 Å². The minimum Gasteiger partial charge on any atom is -0.380 e. The van der Waals surface area contributed by atoms with E-state index in [0.29, 0.717) is 6.04 Å². The third-order valence-corrected chi connectivity index (χ3v) is 3.74. The Bertz CT molecular complexity index is 528. The Kier molecular flexibility index (Phi) is 4.48. The minimum absolute atomic E-state index is 0.161. The van der Waals surface area contributed by atoms with Gasteiger partial charge in [-0.2, -0.15) is 5.10 Å². The number of anilines is 1. The van der Waals surface area contributed by atoms with Gasteiger partial charge in [-0.05, 0) is 31.2 Å². The molecule has 0 aliphatic carbocycles. The van der Waals surface area contributed by atoms with Gasteiger partial charge in [0.05, 0.1) is 11.9 Å².